The first-order valence-electron chi connectivity index (χ1n) is 21.7. The third-order valence-electron chi connectivity index (χ3n) is 9.37. The fraction of sp³-hybridized carbons (Fsp3) is 0.302. The third-order valence-corrected chi connectivity index (χ3v) is 9.77. The Morgan fingerprint density at radius 1 is 0.571 bits per heavy atom. The lowest BCUT2D eigenvalue weighted by Gasteiger charge is -2.15. The maximum Gasteiger partial charge on any atom is 0.176 e. The molecule has 338 valence electrons. The van der Waals surface area contributed by atoms with Crippen molar-refractivity contribution in [3.63, 3.8) is 0 Å². The van der Waals surface area contributed by atoms with E-state index < -0.39 is 0 Å². The van der Waals surface area contributed by atoms with Gasteiger partial charge in [0.2, 0.25) is 0 Å². The van der Waals surface area contributed by atoms with Gasteiger partial charge >= 0.3 is 0 Å². The summed E-state index contributed by atoms with van der Waals surface area (Å²) in [5.74, 6) is 1.11. The van der Waals surface area contributed by atoms with E-state index in [-0.39, 0.29) is 18.4 Å². The molecule has 2 atom stereocenters. The van der Waals surface area contributed by atoms with Gasteiger partial charge in [-0.15, -0.1) is 0 Å². The Hall–Kier alpha value is -5.27. The van der Waals surface area contributed by atoms with Crippen LogP contribution in [-0.4, -0.2) is 61.4 Å². The molecule has 0 saturated carbocycles. The van der Waals surface area contributed by atoms with Crippen LogP contribution in [0.25, 0.3) is 0 Å². The van der Waals surface area contributed by atoms with Crippen LogP contribution in [0.4, 0.5) is 0 Å². The minimum atomic E-state index is -0.0133. The van der Waals surface area contributed by atoms with Gasteiger partial charge < -0.3 is 39.7 Å². The zero-order valence-corrected chi connectivity index (χ0v) is 38.8. The van der Waals surface area contributed by atoms with Gasteiger partial charge in [-0.25, -0.2) is 0 Å². The van der Waals surface area contributed by atoms with E-state index in [1.807, 2.05) is 98.0 Å². The number of carbonyl (C=O) groups is 1. The van der Waals surface area contributed by atoms with E-state index in [1.165, 1.54) is 28.7 Å². The number of nitrogens with two attached hydrogens (primary N) is 6. The average molecular weight is 871 g/mol. The smallest absolute Gasteiger partial charge is 0.176 e. The molecule has 10 heteroatoms. The number of nitrogens with one attached hydrogen (secondary N) is 1. The molecule has 0 saturated heterocycles. The zero-order valence-electron chi connectivity index (χ0n) is 37.9. The zero-order chi connectivity index (χ0) is 46.5. The average Bonchev–Trinajstić information content (AvgIpc) is 3.34. The Balaban J connectivity index is 0.000000383. The van der Waals surface area contributed by atoms with E-state index in [2.05, 4.69) is 91.7 Å². The second-order valence-corrected chi connectivity index (χ2v) is 15.4. The predicted octanol–water partition coefficient (Wildman–Crippen LogP) is 8.23. The molecule has 1 aromatic heterocycles. The van der Waals surface area contributed by atoms with Gasteiger partial charge in [0.05, 0.1) is 6.54 Å². The predicted molar refractivity (Wildman–Crippen MR) is 273 cm³/mol. The lowest BCUT2D eigenvalue weighted by atomic mass is 9.92. The molecule has 0 aliphatic carbocycles. The quantitative estimate of drug-likeness (QED) is 0.0390. The number of likely N-dealkylation sites (N-methyl/N-ethyl adjacent to an activating group) is 1. The molecule has 2 unspecified atom stereocenters. The molecule has 0 spiro atoms. The van der Waals surface area contributed by atoms with Crippen molar-refractivity contribution in [1.29, 1.82) is 0 Å². The van der Waals surface area contributed by atoms with Crippen molar-refractivity contribution in [1.82, 2.24) is 10.3 Å². The highest BCUT2D eigenvalue weighted by Crippen LogP contribution is 2.22. The van der Waals surface area contributed by atoms with Crippen LogP contribution < -0.4 is 39.7 Å². The number of carbonyl (C=O) groups excluding carboxylic acids is 1. The lowest BCUT2D eigenvalue weighted by Crippen LogP contribution is -2.24. The number of ketones is 1. The van der Waals surface area contributed by atoms with Crippen LogP contribution in [0.1, 0.15) is 83.7 Å². The van der Waals surface area contributed by atoms with Gasteiger partial charge in [0.1, 0.15) is 0 Å². The van der Waals surface area contributed by atoms with Crippen LogP contribution in [0.3, 0.4) is 0 Å². The first kappa shape index (κ1) is 55.7. The number of hydrogen-bond acceptors (Lipinski definition) is 10. The molecular formula is C53H74N8OS. The number of nitrogens with zero attached hydrogens (tertiary/aromatic N) is 1. The molecule has 13 N–H and O–H groups in total. The van der Waals surface area contributed by atoms with E-state index >= 15 is 0 Å². The normalized spacial score (nSPS) is 10.9. The molecular weight excluding hydrogens is 797 g/mol. The fourth-order valence-electron chi connectivity index (χ4n) is 5.74. The summed E-state index contributed by atoms with van der Waals surface area (Å²) in [7, 11) is 1.92. The van der Waals surface area contributed by atoms with E-state index in [9.17, 15) is 4.79 Å². The molecule has 0 fully saturated rings. The third kappa shape index (κ3) is 26.1. The van der Waals surface area contributed by atoms with E-state index in [0.717, 1.165) is 29.2 Å². The minimum absolute atomic E-state index is 0.0133. The van der Waals surface area contributed by atoms with Gasteiger partial charge in [0.25, 0.3) is 0 Å². The van der Waals surface area contributed by atoms with Crippen molar-refractivity contribution in [2.45, 2.75) is 58.0 Å². The number of pyridine rings is 1. The van der Waals surface area contributed by atoms with Crippen molar-refractivity contribution in [2.75, 3.05) is 39.8 Å². The van der Waals surface area contributed by atoms with Gasteiger partial charge in [-0.05, 0) is 85.6 Å². The Kier molecular flexibility index (Phi) is 32.1. The first-order chi connectivity index (χ1) is 30.5. The van der Waals surface area contributed by atoms with E-state index in [1.54, 1.807) is 24.5 Å². The number of hydrogen-bond donors (Lipinski definition) is 7. The molecule has 0 amide bonds. The number of aromatic nitrogens is 1. The summed E-state index contributed by atoms with van der Waals surface area (Å²) in [5, 5.41) is 3.14. The summed E-state index contributed by atoms with van der Waals surface area (Å²) >= 11 is 5.00. The van der Waals surface area contributed by atoms with Crippen molar-refractivity contribution >= 4 is 22.9 Å². The maximum atomic E-state index is 10.9. The second-order valence-electron chi connectivity index (χ2n) is 14.9. The highest BCUT2D eigenvalue weighted by Gasteiger charge is 2.10. The Morgan fingerprint density at radius 2 is 1.00 bits per heavy atom. The molecule has 0 bridgehead atoms. The Bertz CT molecular complexity index is 1850. The van der Waals surface area contributed by atoms with Crippen molar-refractivity contribution in [3.05, 3.63) is 210 Å². The maximum absolute atomic E-state index is 10.9. The molecule has 63 heavy (non-hydrogen) atoms. The summed E-state index contributed by atoms with van der Waals surface area (Å²) in [6.07, 6.45) is 6.94. The van der Waals surface area contributed by atoms with Crippen LogP contribution in [0.15, 0.2) is 176 Å². The molecule has 0 aliphatic rings. The van der Waals surface area contributed by atoms with Crippen molar-refractivity contribution < 1.29 is 4.79 Å². The monoisotopic (exact) mass is 871 g/mol. The van der Waals surface area contributed by atoms with Gasteiger partial charge in [-0.1, -0.05) is 178 Å². The standard InChI is InChI=1S/C14H15N.C9H14N2.C8H9NO.C8H9NS.C7H10N2.C7H17N/c15-11-14(12-7-3-1-4-8-12)13-9-5-2-6-10-13;1-11-9(7-10)8-5-3-2-4-6-8;2*9-6-8(10)7-4-2-1-3-5-7;8-4-1-7-2-5-9-6-3-7;1-6(2)4-5-7(3)8/h1-10,14H,11,15H2;2-6,9,11H,7,10H2,1H3;2*1-5H,6,9H2;2-3,5-6H,1,4,8H2;6-7H,4-5,8H2,1-3H3. The number of benzene rings is 5. The highest BCUT2D eigenvalue weighted by molar-refractivity contribution is 7.80. The number of Topliss-reactive ketones (excluding diaryl/α,β-unsaturated/α-hetero) is 1. The molecule has 1 heterocycles. The summed E-state index contributed by atoms with van der Waals surface area (Å²) in [6.45, 7) is 9.05. The van der Waals surface area contributed by atoms with Gasteiger partial charge in [0.15, 0.2) is 5.78 Å². The van der Waals surface area contributed by atoms with Crippen molar-refractivity contribution in [2.24, 2.45) is 40.3 Å². The number of rotatable bonds is 15. The highest BCUT2D eigenvalue weighted by atomic mass is 32.1. The lowest BCUT2D eigenvalue weighted by molar-refractivity contribution is 0.100. The summed E-state index contributed by atoms with van der Waals surface area (Å²) in [6, 6.07) is 54.5. The van der Waals surface area contributed by atoms with E-state index in [4.69, 9.17) is 46.6 Å². The molecule has 6 aromatic rings. The molecule has 0 radical (unpaired) electrons. The molecule has 0 aliphatic heterocycles. The van der Waals surface area contributed by atoms with Crippen LogP contribution in [0.5, 0.6) is 0 Å². The largest absolute Gasteiger partial charge is 0.330 e. The van der Waals surface area contributed by atoms with Gasteiger partial charge in [-0.3, -0.25) is 9.78 Å². The van der Waals surface area contributed by atoms with Crippen LogP contribution in [0.2, 0.25) is 0 Å². The SMILES string of the molecule is CC(C)CCC(C)N.CNC(CN)c1ccccc1.NCC(=O)c1ccccc1.NCC(=S)c1ccccc1.NCC(c1ccccc1)c1ccccc1.NCCc1ccncc1. The van der Waals surface area contributed by atoms with Gasteiger partial charge in [0, 0.05) is 60.5 Å². The summed E-state index contributed by atoms with van der Waals surface area (Å²) in [5.41, 5.74) is 39.6. The second kappa shape index (κ2) is 36.2. The Morgan fingerprint density at radius 3 is 1.33 bits per heavy atom. The topological polar surface area (TPSA) is 198 Å². The van der Waals surface area contributed by atoms with Crippen LogP contribution in [0, 0.1) is 5.92 Å². The summed E-state index contributed by atoms with van der Waals surface area (Å²) in [4.78, 5) is 15.6. The number of thiocarbonyl (C=S) groups is 1. The van der Waals surface area contributed by atoms with Gasteiger partial charge in [-0.2, -0.15) is 0 Å². The fourth-order valence-corrected chi connectivity index (χ4v) is 5.87. The van der Waals surface area contributed by atoms with E-state index in [0.29, 0.717) is 43.7 Å². The first-order valence-corrected chi connectivity index (χ1v) is 22.1. The Labute approximate surface area is 384 Å². The molecule has 9 nitrogen and oxygen atoms in total. The van der Waals surface area contributed by atoms with Crippen molar-refractivity contribution in [3.8, 4) is 0 Å². The van der Waals surface area contributed by atoms with Crippen LogP contribution in [-0.2, 0) is 6.42 Å². The molecule has 5 aromatic carbocycles. The summed E-state index contributed by atoms with van der Waals surface area (Å²) < 4.78 is 0. The molecule has 6 rings (SSSR count). The minimum Gasteiger partial charge on any atom is -0.330 e. The van der Waals surface area contributed by atoms with Crippen LogP contribution >= 0.6 is 12.2 Å².